The number of fused-ring (bicyclic) bond motifs is 1. The predicted molar refractivity (Wildman–Crippen MR) is 157 cm³/mol. The average molecular weight is 558 g/mol. The molecule has 206 valence electrons. The molecule has 8 nitrogen and oxygen atoms in total. The SMILES string of the molecule is COC[C@H](Cc1ccc(O)cc1)NC(=O)c1cc(C(=O)O)c2cc(-c3cccc(CN4CCSC4)c3)ccc2n1. The van der Waals surface area contributed by atoms with E-state index < -0.39 is 11.9 Å². The monoisotopic (exact) mass is 557 g/mol. The van der Waals surface area contributed by atoms with Crippen LogP contribution >= 0.6 is 11.8 Å². The van der Waals surface area contributed by atoms with Gasteiger partial charge in [0, 0.05) is 37.2 Å². The van der Waals surface area contributed by atoms with Gasteiger partial charge < -0.3 is 20.3 Å². The second kappa shape index (κ2) is 12.5. The normalized spacial score (nSPS) is 14.3. The van der Waals surface area contributed by atoms with Gasteiger partial charge in [-0.3, -0.25) is 9.69 Å². The van der Waals surface area contributed by atoms with Crippen LogP contribution in [0.4, 0.5) is 0 Å². The molecule has 1 fully saturated rings. The molecule has 3 aromatic carbocycles. The molecule has 0 radical (unpaired) electrons. The fourth-order valence-electron chi connectivity index (χ4n) is 4.91. The average Bonchev–Trinajstić information content (AvgIpc) is 3.46. The molecule has 4 aromatic rings. The smallest absolute Gasteiger partial charge is 0.336 e. The van der Waals surface area contributed by atoms with E-state index >= 15 is 0 Å². The zero-order valence-electron chi connectivity index (χ0n) is 22.2. The molecule has 1 atom stereocenters. The number of phenols is 1. The molecule has 1 aliphatic rings. The zero-order chi connectivity index (χ0) is 28.1. The van der Waals surface area contributed by atoms with Crippen LogP contribution in [-0.2, 0) is 17.7 Å². The van der Waals surface area contributed by atoms with Crippen molar-refractivity contribution in [3.05, 3.63) is 95.2 Å². The van der Waals surface area contributed by atoms with Crippen LogP contribution in [0.5, 0.6) is 5.75 Å². The number of carboxylic acid groups (broad SMARTS) is 1. The topological polar surface area (TPSA) is 112 Å². The molecule has 0 unspecified atom stereocenters. The van der Waals surface area contributed by atoms with Gasteiger partial charge >= 0.3 is 5.97 Å². The number of methoxy groups -OCH3 is 1. The molecule has 1 saturated heterocycles. The maximum absolute atomic E-state index is 13.2. The highest BCUT2D eigenvalue weighted by molar-refractivity contribution is 7.99. The fraction of sp³-hybridized carbons (Fsp3) is 0.258. The van der Waals surface area contributed by atoms with Crippen molar-refractivity contribution in [3.63, 3.8) is 0 Å². The number of phenolic OH excluding ortho intramolecular Hbond substituents is 1. The number of aromatic hydroxyl groups is 1. The Kier molecular flexibility index (Phi) is 8.64. The van der Waals surface area contributed by atoms with Crippen molar-refractivity contribution in [2.75, 3.05) is 31.9 Å². The van der Waals surface area contributed by atoms with Crippen LogP contribution < -0.4 is 5.32 Å². The minimum atomic E-state index is -1.13. The van der Waals surface area contributed by atoms with E-state index in [-0.39, 0.29) is 29.7 Å². The van der Waals surface area contributed by atoms with E-state index in [1.165, 1.54) is 11.6 Å². The van der Waals surface area contributed by atoms with Crippen molar-refractivity contribution in [2.24, 2.45) is 0 Å². The second-order valence-corrected chi connectivity index (χ2v) is 11.0. The summed E-state index contributed by atoms with van der Waals surface area (Å²) in [7, 11) is 1.55. The first-order valence-electron chi connectivity index (χ1n) is 13.0. The molecule has 5 rings (SSSR count). The van der Waals surface area contributed by atoms with Crippen LogP contribution in [0.15, 0.2) is 72.8 Å². The number of carbonyl (C=O) groups excluding carboxylic acids is 1. The van der Waals surface area contributed by atoms with E-state index in [1.54, 1.807) is 37.4 Å². The third kappa shape index (κ3) is 6.62. The molecule has 0 saturated carbocycles. The number of nitrogens with zero attached hydrogens (tertiary/aromatic N) is 2. The summed E-state index contributed by atoms with van der Waals surface area (Å²) in [6.45, 7) is 2.22. The molecular weight excluding hydrogens is 526 g/mol. The van der Waals surface area contributed by atoms with E-state index in [0.717, 1.165) is 41.4 Å². The lowest BCUT2D eigenvalue weighted by molar-refractivity contribution is 0.0699. The second-order valence-electron chi connectivity index (χ2n) is 9.88. The van der Waals surface area contributed by atoms with Gasteiger partial charge in [0.05, 0.1) is 23.7 Å². The number of hydrogen-bond donors (Lipinski definition) is 3. The molecule has 2 heterocycles. The van der Waals surface area contributed by atoms with Crippen LogP contribution in [0.3, 0.4) is 0 Å². The molecule has 40 heavy (non-hydrogen) atoms. The summed E-state index contributed by atoms with van der Waals surface area (Å²) >= 11 is 1.94. The van der Waals surface area contributed by atoms with E-state index in [4.69, 9.17) is 4.74 Å². The van der Waals surface area contributed by atoms with Crippen molar-refractivity contribution in [2.45, 2.75) is 19.0 Å². The van der Waals surface area contributed by atoms with Gasteiger partial charge in [-0.25, -0.2) is 9.78 Å². The first-order valence-corrected chi connectivity index (χ1v) is 14.2. The summed E-state index contributed by atoms with van der Waals surface area (Å²) in [5.74, 6) is 0.737. The standard InChI is InChI=1S/C31H31N3O5S/c1-39-18-24(14-20-5-8-25(35)9-6-20)32-30(36)29-16-27(31(37)38)26-15-23(7-10-28(26)33-29)22-4-2-3-21(13-22)17-34-11-12-40-19-34/h2-10,13,15-16,24,35H,11-12,14,17-19H2,1H3,(H,32,36)(H,37,38)/t24-/m0/s1. The molecule has 9 heteroatoms. The Labute approximate surface area is 237 Å². The number of ether oxygens (including phenoxy) is 1. The van der Waals surface area contributed by atoms with E-state index in [0.29, 0.717) is 17.3 Å². The summed E-state index contributed by atoms with van der Waals surface area (Å²) in [4.78, 5) is 32.4. The van der Waals surface area contributed by atoms with Crippen molar-refractivity contribution >= 4 is 34.5 Å². The summed E-state index contributed by atoms with van der Waals surface area (Å²) < 4.78 is 5.29. The van der Waals surface area contributed by atoms with Gasteiger partial charge in [0.2, 0.25) is 0 Å². The van der Waals surface area contributed by atoms with Crippen LogP contribution in [-0.4, -0.2) is 69.9 Å². The highest BCUT2D eigenvalue weighted by Crippen LogP contribution is 2.28. The number of amides is 1. The van der Waals surface area contributed by atoms with Gasteiger partial charge in [-0.2, -0.15) is 0 Å². The number of carboxylic acids is 1. The molecule has 1 aliphatic heterocycles. The third-order valence-corrected chi connectivity index (χ3v) is 7.90. The van der Waals surface area contributed by atoms with Crippen LogP contribution in [0.1, 0.15) is 32.0 Å². The first kappa shape index (κ1) is 27.6. The maximum atomic E-state index is 13.2. The number of rotatable bonds is 10. The molecule has 1 amide bonds. The predicted octanol–water partition coefficient (Wildman–Crippen LogP) is 4.80. The van der Waals surface area contributed by atoms with E-state index in [2.05, 4.69) is 27.3 Å². The Morgan fingerprint density at radius 2 is 1.85 bits per heavy atom. The summed E-state index contributed by atoms with van der Waals surface area (Å²) in [6, 6.07) is 21.5. The van der Waals surface area contributed by atoms with Crippen molar-refractivity contribution in [1.82, 2.24) is 15.2 Å². The number of pyridine rings is 1. The van der Waals surface area contributed by atoms with Gasteiger partial charge in [0.25, 0.3) is 5.91 Å². The quantitative estimate of drug-likeness (QED) is 0.255. The molecule has 0 spiro atoms. The van der Waals surface area contributed by atoms with Crippen molar-refractivity contribution in [3.8, 4) is 16.9 Å². The number of aromatic nitrogens is 1. The lowest BCUT2D eigenvalue weighted by atomic mass is 9.98. The molecule has 1 aromatic heterocycles. The van der Waals surface area contributed by atoms with Gasteiger partial charge in [-0.15, -0.1) is 11.8 Å². The molecule has 0 aliphatic carbocycles. The molecular formula is C31H31N3O5S. The number of nitrogens with one attached hydrogen (secondary N) is 1. The highest BCUT2D eigenvalue weighted by Gasteiger charge is 2.20. The minimum absolute atomic E-state index is 0.0177. The summed E-state index contributed by atoms with van der Waals surface area (Å²) in [5.41, 5.74) is 4.48. The Morgan fingerprint density at radius 3 is 2.58 bits per heavy atom. The molecule has 3 N–H and O–H groups in total. The number of aromatic carboxylic acids is 1. The fourth-order valence-corrected chi connectivity index (χ4v) is 5.91. The highest BCUT2D eigenvalue weighted by atomic mass is 32.2. The maximum Gasteiger partial charge on any atom is 0.336 e. The van der Waals surface area contributed by atoms with Crippen LogP contribution in [0.25, 0.3) is 22.0 Å². The minimum Gasteiger partial charge on any atom is -0.508 e. The Balaban J connectivity index is 1.40. The largest absolute Gasteiger partial charge is 0.508 e. The lowest BCUT2D eigenvalue weighted by Gasteiger charge is -2.18. The van der Waals surface area contributed by atoms with Gasteiger partial charge in [-0.1, -0.05) is 36.4 Å². The third-order valence-electron chi connectivity index (χ3n) is 6.89. The number of benzene rings is 3. The Morgan fingerprint density at radius 1 is 1.05 bits per heavy atom. The van der Waals surface area contributed by atoms with E-state index in [1.807, 2.05) is 36.0 Å². The lowest BCUT2D eigenvalue weighted by Crippen LogP contribution is -2.40. The molecule has 0 bridgehead atoms. The van der Waals surface area contributed by atoms with Crippen molar-refractivity contribution < 1.29 is 24.5 Å². The zero-order valence-corrected chi connectivity index (χ0v) is 23.0. The summed E-state index contributed by atoms with van der Waals surface area (Å²) in [5, 5.41) is 23.0. The van der Waals surface area contributed by atoms with Crippen LogP contribution in [0, 0.1) is 0 Å². The van der Waals surface area contributed by atoms with Gasteiger partial charge in [-0.05, 0) is 65.1 Å². The van der Waals surface area contributed by atoms with Gasteiger partial charge in [0.15, 0.2) is 0 Å². The number of thioether (sulfide) groups is 1. The van der Waals surface area contributed by atoms with Crippen molar-refractivity contribution in [1.29, 1.82) is 0 Å². The van der Waals surface area contributed by atoms with E-state index in [9.17, 15) is 19.8 Å². The number of hydrogen-bond acceptors (Lipinski definition) is 7. The van der Waals surface area contributed by atoms with Gasteiger partial charge in [0.1, 0.15) is 11.4 Å². The number of carbonyl (C=O) groups is 2. The Hall–Kier alpha value is -3.92. The summed E-state index contributed by atoms with van der Waals surface area (Å²) in [6.07, 6.45) is 0.470. The van der Waals surface area contributed by atoms with Crippen LogP contribution in [0.2, 0.25) is 0 Å². The first-order chi connectivity index (χ1) is 19.4. The Bertz CT molecular complexity index is 1520.